The number of carbonyl (C=O) groups excluding carboxylic acids is 2. The molecule has 1 saturated heterocycles. The maximum absolute atomic E-state index is 13.1. The maximum Gasteiger partial charge on any atom is 0.352 e. The summed E-state index contributed by atoms with van der Waals surface area (Å²) < 4.78 is 4.86. The van der Waals surface area contributed by atoms with Crippen LogP contribution >= 0.6 is 0 Å². The number of amides is 1. The minimum absolute atomic E-state index is 0.271. The Hall–Kier alpha value is -1.88. The first kappa shape index (κ1) is 17.9. The van der Waals surface area contributed by atoms with E-state index < -0.39 is 17.5 Å². The van der Waals surface area contributed by atoms with Crippen molar-refractivity contribution in [2.24, 2.45) is 0 Å². The van der Waals surface area contributed by atoms with Crippen LogP contribution in [0, 0.1) is 0 Å². The van der Waals surface area contributed by atoms with Crippen molar-refractivity contribution in [3.8, 4) is 0 Å². The summed E-state index contributed by atoms with van der Waals surface area (Å²) >= 11 is 0. The number of rotatable bonds is 4. The standard InChI is InChI=1S/C20H27NO4/c1-25-19(23)20(24,18(22)21-13-7-8-14-21)17-12-6-5-11-16(17)15-9-3-2-4-10-15/h5-6,11-12,15,24H,2-4,7-10,13-14H2,1H3. The Morgan fingerprint density at radius 3 is 2.36 bits per heavy atom. The van der Waals surface area contributed by atoms with E-state index >= 15 is 0 Å². The zero-order valence-electron chi connectivity index (χ0n) is 14.9. The summed E-state index contributed by atoms with van der Waals surface area (Å²) in [6, 6.07) is 7.32. The van der Waals surface area contributed by atoms with Gasteiger partial charge in [0.2, 0.25) is 0 Å². The molecule has 3 rings (SSSR count). The normalized spacial score (nSPS) is 21.0. The van der Waals surface area contributed by atoms with E-state index in [0.29, 0.717) is 18.7 Å². The molecule has 1 amide bonds. The number of methoxy groups -OCH3 is 1. The predicted molar refractivity (Wildman–Crippen MR) is 94.0 cm³/mol. The van der Waals surface area contributed by atoms with Crippen LogP contribution in [0.4, 0.5) is 0 Å². The molecule has 0 spiro atoms. The molecule has 1 N–H and O–H groups in total. The summed E-state index contributed by atoms with van der Waals surface area (Å²) in [6.07, 6.45) is 7.32. The molecule has 1 aromatic carbocycles. The lowest BCUT2D eigenvalue weighted by Crippen LogP contribution is -2.52. The Balaban J connectivity index is 2.04. The van der Waals surface area contributed by atoms with Gasteiger partial charge in [0.15, 0.2) is 0 Å². The summed E-state index contributed by atoms with van der Waals surface area (Å²) in [5.41, 5.74) is -0.957. The molecule has 0 radical (unpaired) electrons. The highest BCUT2D eigenvalue weighted by Gasteiger charge is 2.51. The van der Waals surface area contributed by atoms with Crippen molar-refractivity contribution >= 4 is 11.9 Å². The topological polar surface area (TPSA) is 66.8 Å². The van der Waals surface area contributed by atoms with E-state index in [1.165, 1.54) is 13.5 Å². The van der Waals surface area contributed by atoms with Gasteiger partial charge in [-0.3, -0.25) is 4.79 Å². The third kappa shape index (κ3) is 3.30. The minimum Gasteiger partial charge on any atom is -0.466 e. The van der Waals surface area contributed by atoms with E-state index in [4.69, 9.17) is 4.74 Å². The number of hydrogen-bond donors (Lipinski definition) is 1. The van der Waals surface area contributed by atoms with Gasteiger partial charge in [-0.05, 0) is 37.2 Å². The van der Waals surface area contributed by atoms with Crippen molar-refractivity contribution in [3.05, 3.63) is 35.4 Å². The molecule has 0 bridgehead atoms. The second kappa shape index (κ2) is 7.56. The molecule has 5 nitrogen and oxygen atoms in total. The SMILES string of the molecule is COC(=O)C(O)(C(=O)N1CCCC1)c1ccccc1C1CCCCC1. The zero-order valence-corrected chi connectivity index (χ0v) is 14.9. The average Bonchev–Trinajstić information content (AvgIpc) is 3.21. The van der Waals surface area contributed by atoms with Crippen LogP contribution < -0.4 is 0 Å². The molecule has 5 heteroatoms. The van der Waals surface area contributed by atoms with Gasteiger partial charge < -0.3 is 14.7 Å². The highest BCUT2D eigenvalue weighted by Crippen LogP contribution is 2.39. The lowest BCUT2D eigenvalue weighted by Gasteiger charge is -2.33. The Morgan fingerprint density at radius 2 is 1.72 bits per heavy atom. The number of benzene rings is 1. The van der Waals surface area contributed by atoms with Crippen molar-refractivity contribution in [1.82, 2.24) is 4.90 Å². The number of esters is 1. The van der Waals surface area contributed by atoms with Gasteiger partial charge in [0, 0.05) is 18.7 Å². The molecule has 136 valence electrons. The lowest BCUT2D eigenvalue weighted by atomic mass is 9.77. The summed E-state index contributed by atoms with van der Waals surface area (Å²) in [7, 11) is 1.22. The molecule has 1 aliphatic carbocycles. The quantitative estimate of drug-likeness (QED) is 0.673. The predicted octanol–water partition coefficient (Wildman–Crippen LogP) is 2.72. The van der Waals surface area contributed by atoms with Crippen molar-refractivity contribution < 1.29 is 19.4 Å². The molecule has 1 atom stereocenters. The monoisotopic (exact) mass is 345 g/mol. The fourth-order valence-corrected chi connectivity index (χ4v) is 4.21. The van der Waals surface area contributed by atoms with Gasteiger partial charge in [-0.2, -0.15) is 0 Å². The average molecular weight is 345 g/mol. The molecule has 1 heterocycles. The number of likely N-dealkylation sites (tertiary alicyclic amines) is 1. The van der Waals surface area contributed by atoms with E-state index in [2.05, 4.69) is 0 Å². The first-order valence-corrected chi connectivity index (χ1v) is 9.28. The van der Waals surface area contributed by atoms with Crippen LogP contribution in [0.1, 0.15) is 62.0 Å². The highest BCUT2D eigenvalue weighted by molar-refractivity contribution is 6.07. The molecule has 2 fully saturated rings. The summed E-state index contributed by atoms with van der Waals surface area (Å²) in [6.45, 7) is 1.15. The molecule has 0 aromatic heterocycles. The summed E-state index contributed by atoms with van der Waals surface area (Å²) in [5, 5.41) is 11.3. The highest BCUT2D eigenvalue weighted by atomic mass is 16.5. The Labute approximate surface area is 149 Å². The molecule has 1 aromatic rings. The van der Waals surface area contributed by atoms with Gasteiger partial charge in [0.1, 0.15) is 0 Å². The largest absolute Gasteiger partial charge is 0.466 e. The van der Waals surface area contributed by atoms with Crippen molar-refractivity contribution in [3.63, 3.8) is 0 Å². The summed E-state index contributed by atoms with van der Waals surface area (Å²) in [4.78, 5) is 27.2. The number of ether oxygens (including phenoxy) is 1. The first-order valence-electron chi connectivity index (χ1n) is 9.28. The van der Waals surface area contributed by atoms with Crippen molar-refractivity contribution in [2.45, 2.75) is 56.5 Å². The van der Waals surface area contributed by atoms with E-state index in [1.807, 2.05) is 12.1 Å². The summed E-state index contributed by atoms with van der Waals surface area (Å²) in [5.74, 6) is -1.18. The van der Waals surface area contributed by atoms with Crippen molar-refractivity contribution in [2.75, 3.05) is 20.2 Å². The second-order valence-electron chi connectivity index (χ2n) is 7.12. The molecular formula is C20H27NO4. The van der Waals surface area contributed by atoms with E-state index in [1.54, 1.807) is 17.0 Å². The molecule has 1 unspecified atom stereocenters. The van der Waals surface area contributed by atoms with Gasteiger partial charge in [0.05, 0.1) is 7.11 Å². The third-order valence-corrected chi connectivity index (χ3v) is 5.58. The third-order valence-electron chi connectivity index (χ3n) is 5.58. The Morgan fingerprint density at radius 1 is 1.08 bits per heavy atom. The van der Waals surface area contributed by atoms with Crippen LogP contribution in [0.15, 0.2) is 24.3 Å². The molecule has 2 aliphatic rings. The number of carbonyl (C=O) groups is 2. The number of aliphatic hydroxyl groups is 1. The fourth-order valence-electron chi connectivity index (χ4n) is 4.21. The van der Waals surface area contributed by atoms with Gasteiger partial charge >= 0.3 is 5.97 Å². The van der Waals surface area contributed by atoms with Crippen LogP contribution in [0.25, 0.3) is 0 Å². The molecular weight excluding hydrogens is 318 g/mol. The zero-order chi connectivity index (χ0) is 17.9. The number of hydrogen-bond acceptors (Lipinski definition) is 4. The van der Waals surface area contributed by atoms with Gasteiger partial charge in [-0.25, -0.2) is 4.79 Å². The molecule has 1 saturated carbocycles. The Bertz CT molecular complexity index is 632. The molecule has 1 aliphatic heterocycles. The Kier molecular flexibility index (Phi) is 5.42. The van der Waals surface area contributed by atoms with Gasteiger partial charge in [-0.1, -0.05) is 43.5 Å². The van der Waals surface area contributed by atoms with Crippen LogP contribution in [0.3, 0.4) is 0 Å². The smallest absolute Gasteiger partial charge is 0.352 e. The fraction of sp³-hybridized carbons (Fsp3) is 0.600. The van der Waals surface area contributed by atoms with E-state index in [9.17, 15) is 14.7 Å². The van der Waals surface area contributed by atoms with Gasteiger partial charge in [0.25, 0.3) is 11.5 Å². The maximum atomic E-state index is 13.1. The minimum atomic E-state index is -2.26. The van der Waals surface area contributed by atoms with Gasteiger partial charge in [-0.15, -0.1) is 0 Å². The second-order valence-corrected chi connectivity index (χ2v) is 7.12. The van der Waals surface area contributed by atoms with Crippen LogP contribution in [-0.2, 0) is 19.9 Å². The van der Waals surface area contributed by atoms with Crippen LogP contribution in [0.5, 0.6) is 0 Å². The van der Waals surface area contributed by atoms with Crippen LogP contribution in [0.2, 0.25) is 0 Å². The number of nitrogens with zero attached hydrogens (tertiary/aromatic N) is 1. The lowest BCUT2D eigenvalue weighted by molar-refractivity contribution is -0.175. The van der Waals surface area contributed by atoms with Crippen molar-refractivity contribution in [1.29, 1.82) is 0 Å². The molecule has 25 heavy (non-hydrogen) atoms. The van der Waals surface area contributed by atoms with E-state index in [-0.39, 0.29) is 5.92 Å². The van der Waals surface area contributed by atoms with Crippen LogP contribution in [-0.4, -0.2) is 42.1 Å². The first-order chi connectivity index (χ1) is 12.1. The van der Waals surface area contributed by atoms with E-state index in [0.717, 1.165) is 44.1 Å².